The van der Waals surface area contributed by atoms with Gasteiger partial charge < -0.3 is 0 Å². The lowest BCUT2D eigenvalue weighted by atomic mass is 9.71. The molecule has 0 spiro atoms. The van der Waals surface area contributed by atoms with E-state index in [4.69, 9.17) is 0 Å². The second-order valence-corrected chi connectivity index (χ2v) is 9.39. The normalized spacial score (nSPS) is 34.3. The van der Waals surface area contributed by atoms with Gasteiger partial charge in [-0.1, -0.05) is 38.5 Å². The van der Waals surface area contributed by atoms with E-state index in [1.54, 1.807) is 12.1 Å². The molecule has 0 aromatic heterocycles. The lowest BCUT2D eigenvalue weighted by Crippen LogP contribution is -2.40. The highest BCUT2D eigenvalue weighted by molar-refractivity contribution is 7.89. The van der Waals surface area contributed by atoms with Crippen LogP contribution in [0.5, 0.6) is 0 Å². The molecule has 2 aliphatic rings. The predicted octanol–water partition coefficient (Wildman–Crippen LogP) is 3.49. The second kappa shape index (κ2) is 4.56. The van der Waals surface area contributed by atoms with Crippen LogP contribution in [0, 0.1) is 23.7 Å². The average Bonchev–Trinajstić information content (AvgIpc) is 2.70. The van der Waals surface area contributed by atoms with Crippen molar-refractivity contribution >= 4 is 10.0 Å². The summed E-state index contributed by atoms with van der Waals surface area (Å²) in [6.45, 7) is 8.87. The van der Waals surface area contributed by atoms with Crippen molar-refractivity contribution in [3.8, 4) is 0 Å². The molecule has 3 nitrogen and oxygen atoms in total. The molecule has 3 rings (SSSR count). The van der Waals surface area contributed by atoms with Crippen LogP contribution in [0.25, 0.3) is 0 Å². The zero-order chi connectivity index (χ0) is 15.5. The van der Waals surface area contributed by atoms with Crippen LogP contribution >= 0.6 is 0 Å². The van der Waals surface area contributed by atoms with E-state index < -0.39 is 10.0 Å². The fourth-order valence-electron chi connectivity index (χ4n) is 4.41. The minimum absolute atomic E-state index is 0.0741. The van der Waals surface area contributed by atoms with Gasteiger partial charge in [0.2, 0.25) is 10.0 Å². The summed E-state index contributed by atoms with van der Waals surface area (Å²) >= 11 is 0. The summed E-state index contributed by atoms with van der Waals surface area (Å²) in [4.78, 5) is 0.374. The number of hydrogen-bond acceptors (Lipinski definition) is 2. The van der Waals surface area contributed by atoms with Crippen LogP contribution < -0.4 is 4.72 Å². The Morgan fingerprint density at radius 1 is 1.14 bits per heavy atom. The molecule has 0 radical (unpaired) electrons. The third-order valence-corrected chi connectivity index (χ3v) is 7.79. The first-order valence-corrected chi connectivity index (χ1v) is 9.23. The summed E-state index contributed by atoms with van der Waals surface area (Å²) < 4.78 is 28.1. The third kappa shape index (κ3) is 2.23. The number of rotatable bonds is 3. The zero-order valence-corrected chi connectivity index (χ0v) is 14.1. The first kappa shape index (κ1) is 15.0. The molecule has 0 unspecified atom stereocenters. The van der Waals surface area contributed by atoms with Crippen molar-refractivity contribution in [3.05, 3.63) is 29.8 Å². The van der Waals surface area contributed by atoms with E-state index in [-0.39, 0.29) is 16.9 Å². The van der Waals surface area contributed by atoms with Gasteiger partial charge in [-0.25, -0.2) is 13.1 Å². The quantitative estimate of drug-likeness (QED) is 0.929. The van der Waals surface area contributed by atoms with Gasteiger partial charge in [0.1, 0.15) is 0 Å². The van der Waals surface area contributed by atoms with Crippen molar-refractivity contribution in [3.63, 3.8) is 0 Å². The topological polar surface area (TPSA) is 46.2 Å². The molecule has 21 heavy (non-hydrogen) atoms. The Balaban J connectivity index is 1.83. The molecule has 0 amide bonds. The molecule has 2 saturated carbocycles. The number of benzene rings is 1. The van der Waals surface area contributed by atoms with Crippen molar-refractivity contribution in [2.24, 2.45) is 16.7 Å². The third-order valence-electron chi connectivity index (χ3n) is 6.28. The highest BCUT2D eigenvalue weighted by Crippen LogP contribution is 2.65. The van der Waals surface area contributed by atoms with Gasteiger partial charge in [-0.3, -0.25) is 0 Å². The summed E-state index contributed by atoms with van der Waals surface area (Å²) in [7, 11) is -3.41. The number of aryl methyl sites for hydroxylation is 1. The van der Waals surface area contributed by atoms with E-state index in [2.05, 4.69) is 25.5 Å². The molecular weight excluding hydrogens is 282 g/mol. The van der Waals surface area contributed by atoms with Crippen LogP contribution in [-0.2, 0) is 10.0 Å². The van der Waals surface area contributed by atoms with E-state index in [0.717, 1.165) is 18.4 Å². The van der Waals surface area contributed by atoms with Crippen molar-refractivity contribution in [2.75, 3.05) is 0 Å². The Hall–Kier alpha value is -0.870. The first-order valence-electron chi connectivity index (χ1n) is 7.75. The number of hydrogen-bond donors (Lipinski definition) is 1. The van der Waals surface area contributed by atoms with Gasteiger partial charge in [0.15, 0.2) is 0 Å². The monoisotopic (exact) mass is 307 g/mol. The minimum Gasteiger partial charge on any atom is -0.208 e. The van der Waals surface area contributed by atoms with Gasteiger partial charge in [-0.05, 0) is 55.1 Å². The van der Waals surface area contributed by atoms with Gasteiger partial charge in [0.05, 0.1) is 4.90 Å². The van der Waals surface area contributed by atoms with E-state index in [1.807, 2.05) is 19.1 Å². The molecule has 116 valence electrons. The molecule has 4 heteroatoms. The van der Waals surface area contributed by atoms with Gasteiger partial charge in [0.25, 0.3) is 0 Å². The van der Waals surface area contributed by atoms with E-state index in [1.165, 1.54) is 6.42 Å². The maximum atomic E-state index is 12.6. The smallest absolute Gasteiger partial charge is 0.208 e. The summed E-state index contributed by atoms with van der Waals surface area (Å²) in [5, 5.41) is 0. The van der Waals surface area contributed by atoms with Crippen LogP contribution in [0.2, 0.25) is 0 Å². The molecule has 2 bridgehead atoms. The molecule has 2 aliphatic carbocycles. The first-order chi connectivity index (χ1) is 9.66. The lowest BCUT2D eigenvalue weighted by molar-refractivity contribution is 0.152. The highest BCUT2D eigenvalue weighted by Gasteiger charge is 2.60. The van der Waals surface area contributed by atoms with Crippen molar-refractivity contribution in [1.82, 2.24) is 4.72 Å². The predicted molar refractivity (Wildman–Crippen MR) is 84.5 cm³/mol. The van der Waals surface area contributed by atoms with Crippen molar-refractivity contribution in [2.45, 2.75) is 57.9 Å². The molecule has 2 fully saturated rings. The Labute approximate surface area is 128 Å². The minimum atomic E-state index is -3.41. The largest absolute Gasteiger partial charge is 0.240 e. The Morgan fingerprint density at radius 3 is 2.24 bits per heavy atom. The maximum Gasteiger partial charge on any atom is 0.240 e. The highest BCUT2D eigenvalue weighted by atomic mass is 32.2. The van der Waals surface area contributed by atoms with E-state index in [0.29, 0.717) is 10.8 Å². The van der Waals surface area contributed by atoms with Gasteiger partial charge in [-0.15, -0.1) is 0 Å². The molecule has 1 aromatic rings. The SMILES string of the molecule is Cc1ccc(S(=O)(=O)N[C@H]2C[C@]3(C)CC[C@@H]2C3(C)C)cc1. The number of nitrogens with one attached hydrogen (secondary N) is 1. The van der Waals surface area contributed by atoms with Gasteiger partial charge >= 0.3 is 0 Å². The number of sulfonamides is 1. The Kier molecular flexibility index (Phi) is 3.27. The van der Waals surface area contributed by atoms with Crippen LogP contribution in [0.1, 0.15) is 45.6 Å². The summed E-state index contributed by atoms with van der Waals surface area (Å²) in [5.74, 6) is 0.447. The molecule has 0 heterocycles. The lowest BCUT2D eigenvalue weighted by Gasteiger charge is -2.33. The molecule has 0 aliphatic heterocycles. The Morgan fingerprint density at radius 2 is 1.76 bits per heavy atom. The van der Waals surface area contributed by atoms with E-state index in [9.17, 15) is 8.42 Å². The van der Waals surface area contributed by atoms with Gasteiger partial charge in [-0.2, -0.15) is 0 Å². The summed E-state index contributed by atoms with van der Waals surface area (Å²) in [5.41, 5.74) is 1.55. The Bertz CT molecular complexity index is 645. The molecule has 3 atom stereocenters. The standard InChI is InChI=1S/C17H25NO2S/c1-12-5-7-13(8-6-12)21(19,20)18-15-11-17(4)10-9-14(15)16(17,2)3/h5-8,14-15,18H,9-11H2,1-4H3/t14-,15-,17-/m0/s1. The fourth-order valence-corrected chi connectivity index (χ4v) is 5.69. The molecule has 0 saturated heterocycles. The van der Waals surface area contributed by atoms with Crippen LogP contribution in [0.15, 0.2) is 29.2 Å². The van der Waals surface area contributed by atoms with Gasteiger partial charge in [0, 0.05) is 6.04 Å². The zero-order valence-electron chi connectivity index (χ0n) is 13.3. The van der Waals surface area contributed by atoms with Crippen LogP contribution in [-0.4, -0.2) is 14.5 Å². The fraction of sp³-hybridized carbons (Fsp3) is 0.647. The van der Waals surface area contributed by atoms with Crippen LogP contribution in [0.4, 0.5) is 0 Å². The second-order valence-electron chi connectivity index (χ2n) is 7.67. The van der Waals surface area contributed by atoms with Crippen molar-refractivity contribution in [1.29, 1.82) is 0 Å². The maximum absolute atomic E-state index is 12.6. The molecule has 1 N–H and O–H groups in total. The molecular formula is C17H25NO2S. The number of fused-ring (bicyclic) bond motifs is 2. The van der Waals surface area contributed by atoms with Crippen molar-refractivity contribution < 1.29 is 8.42 Å². The summed E-state index contributed by atoms with van der Waals surface area (Å²) in [6.07, 6.45) is 3.30. The molecule has 1 aromatic carbocycles. The summed E-state index contributed by atoms with van der Waals surface area (Å²) in [6, 6.07) is 7.15. The van der Waals surface area contributed by atoms with E-state index >= 15 is 0 Å². The average molecular weight is 307 g/mol. The van der Waals surface area contributed by atoms with Crippen LogP contribution in [0.3, 0.4) is 0 Å².